The molecule has 144 valence electrons. The van der Waals surface area contributed by atoms with E-state index < -0.39 is 0 Å². The standard InChI is InChI=1S/C21H22N4OS2/c1-24-11-13-25(14-12-24)21(26)23-20-22-19(15-27-20)16-7-9-18(10-8-16)28-17-5-3-2-4-6-17/h2-10,15H,11-14H2,1H3,(H,22,23,26). The van der Waals surface area contributed by atoms with Crippen molar-refractivity contribution in [3.8, 4) is 11.3 Å². The maximum atomic E-state index is 12.4. The fraction of sp³-hybridized carbons (Fsp3) is 0.238. The molecule has 1 aliphatic heterocycles. The molecule has 1 aliphatic rings. The minimum absolute atomic E-state index is 0.0661. The number of likely N-dealkylation sites (N-methyl/N-ethyl adjacent to an activating group) is 1. The summed E-state index contributed by atoms with van der Waals surface area (Å²) in [6.07, 6.45) is 0. The fourth-order valence-electron chi connectivity index (χ4n) is 2.96. The zero-order valence-electron chi connectivity index (χ0n) is 15.7. The number of aromatic nitrogens is 1. The van der Waals surface area contributed by atoms with Crippen LogP contribution in [-0.2, 0) is 0 Å². The predicted octanol–water partition coefficient (Wildman–Crippen LogP) is 4.74. The van der Waals surface area contributed by atoms with Crippen LogP contribution in [0.5, 0.6) is 0 Å². The Kier molecular flexibility index (Phi) is 5.95. The Labute approximate surface area is 173 Å². The van der Waals surface area contributed by atoms with Gasteiger partial charge in [0.15, 0.2) is 5.13 Å². The summed E-state index contributed by atoms with van der Waals surface area (Å²) in [6.45, 7) is 3.32. The van der Waals surface area contributed by atoms with Gasteiger partial charge in [0.05, 0.1) is 5.69 Å². The summed E-state index contributed by atoms with van der Waals surface area (Å²) < 4.78 is 0. The smallest absolute Gasteiger partial charge is 0.322 e. The molecule has 0 bridgehead atoms. The third-order valence-electron chi connectivity index (χ3n) is 4.64. The van der Waals surface area contributed by atoms with Crippen LogP contribution in [-0.4, -0.2) is 54.0 Å². The number of nitrogens with zero attached hydrogens (tertiary/aromatic N) is 3. The largest absolute Gasteiger partial charge is 0.323 e. The van der Waals surface area contributed by atoms with Gasteiger partial charge in [0.1, 0.15) is 0 Å². The first-order valence-electron chi connectivity index (χ1n) is 9.21. The summed E-state index contributed by atoms with van der Waals surface area (Å²) in [5.41, 5.74) is 1.93. The molecule has 3 aromatic rings. The summed E-state index contributed by atoms with van der Waals surface area (Å²) in [5.74, 6) is 0. The minimum atomic E-state index is -0.0661. The van der Waals surface area contributed by atoms with E-state index in [0.29, 0.717) is 5.13 Å². The molecular formula is C21H22N4OS2. The predicted molar refractivity (Wildman–Crippen MR) is 116 cm³/mol. The maximum absolute atomic E-state index is 12.4. The van der Waals surface area contributed by atoms with Crippen molar-refractivity contribution < 1.29 is 4.79 Å². The van der Waals surface area contributed by atoms with E-state index in [2.05, 4.69) is 58.6 Å². The quantitative estimate of drug-likeness (QED) is 0.675. The van der Waals surface area contributed by atoms with Crippen LogP contribution in [0.1, 0.15) is 0 Å². The highest BCUT2D eigenvalue weighted by Gasteiger charge is 2.19. The number of carbonyl (C=O) groups excluding carboxylic acids is 1. The van der Waals surface area contributed by atoms with Gasteiger partial charge in [-0.3, -0.25) is 5.32 Å². The number of rotatable bonds is 4. The number of amides is 2. The van der Waals surface area contributed by atoms with Crippen molar-refractivity contribution in [3.63, 3.8) is 0 Å². The lowest BCUT2D eigenvalue weighted by molar-refractivity contribution is 0.164. The highest BCUT2D eigenvalue weighted by Crippen LogP contribution is 2.30. The molecule has 0 unspecified atom stereocenters. The van der Waals surface area contributed by atoms with E-state index >= 15 is 0 Å². The van der Waals surface area contributed by atoms with Gasteiger partial charge in [-0.2, -0.15) is 0 Å². The van der Waals surface area contributed by atoms with Crippen LogP contribution < -0.4 is 5.32 Å². The molecule has 0 saturated carbocycles. The van der Waals surface area contributed by atoms with Crippen LogP contribution in [0.25, 0.3) is 11.3 Å². The van der Waals surface area contributed by atoms with Crippen LogP contribution in [0.2, 0.25) is 0 Å². The lowest BCUT2D eigenvalue weighted by Gasteiger charge is -2.32. The van der Waals surface area contributed by atoms with E-state index in [-0.39, 0.29) is 6.03 Å². The first kappa shape index (κ1) is 19.0. The molecule has 1 fully saturated rings. The SMILES string of the molecule is CN1CCN(C(=O)Nc2nc(-c3ccc(Sc4ccccc4)cc3)cs2)CC1. The topological polar surface area (TPSA) is 48.5 Å². The Morgan fingerprint density at radius 1 is 1.00 bits per heavy atom. The molecule has 0 spiro atoms. The van der Waals surface area contributed by atoms with E-state index in [1.165, 1.54) is 21.1 Å². The van der Waals surface area contributed by atoms with Crippen molar-refractivity contribution in [2.75, 3.05) is 38.5 Å². The normalized spacial score (nSPS) is 14.8. The Bertz CT molecular complexity index is 919. The van der Waals surface area contributed by atoms with Gasteiger partial charge in [-0.15, -0.1) is 11.3 Å². The molecular weight excluding hydrogens is 388 g/mol. The Hall–Kier alpha value is -2.35. The van der Waals surface area contributed by atoms with Crippen molar-refractivity contribution in [1.82, 2.24) is 14.8 Å². The Balaban J connectivity index is 1.38. The Morgan fingerprint density at radius 2 is 1.68 bits per heavy atom. The van der Waals surface area contributed by atoms with Gasteiger partial charge < -0.3 is 9.80 Å². The molecule has 2 amide bonds. The number of hydrogen-bond donors (Lipinski definition) is 1. The number of benzene rings is 2. The van der Waals surface area contributed by atoms with Crippen molar-refractivity contribution >= 4 is 34.3 Å². The second-order valence-electron chi connectivity index (χ2n) is 6.70. The van der Waals surface area contributed by atoms with Gasteiger partial charge in [0.2, 0.25) is 0 Å². The average molecular weight is 411 g/mol. The lowest BCUT2D eigenvalue weighted by atomic mass is 10.2. The molecule has 2 aromatic carbocycles. The van der Waals surface area contributed by atoms with Gasteiger partial charge in [-0.25, -0.2) is 9.78 Å². The van der Waals surface area contributed by atoms with Gasteiger partial charge in [0.25, 0.3) is 0 Å². The Morgan fingerprint density at radius 3 is 2.39 bits per heavy atom. The van der Waals surface area contributed by atoms with E-state index in [1.807, 2.05) is 28.5 Å². The third kappa shape index (κ3) is 4.73. The molecule has 5 nitrogen and oxygen atoms in total. The molecule has 1 saturated heterocycles. The molecule has 1 N–H and O–H groups in total. The summed E-state index contributed by atoms with van der Waals surface area (Å²) in [4.78, 5) is 23.5. The molecule has 1 aromatic heterocycles. The average Bonchev–Trinajstić information content (AvgIpc) is 3.18. The number of piperazine rings is 1. The van der Waals surface area contributed by atoms with Crippen molar-refractivity contribution in [2.45, 2.75) is 9.79 Å². The number of hydrogen-bond acceptors (Lipinski definition) is 5. The summed E-state index contributed by atoms with van der Waals surface area (Å²) in [5, 5.41) is 5.56. The van der Waals surface area contributed by atoms with Crippen molar-refractivity contribution in [1.29, 1.82) is 0 Å². The highest BCUT2D eigenvalue weighted by molar-refractivity contribution is 7.99. The van der Waals surface area contributed by atoms with E-state index in [9.17, 15) is 4.79 Å². The number of thiazole rings is 1. The molecule has 2 heterocycles. The molecule has 0 aliphatic carbocycles. The first-order chi connectivity index (χ1) is 13.7. The highest BCUT2D eigenvalue weighted by atomic mass is 32.2. The molecule has 7 heteroatoms. The fourth-order valence-corrected chi connectivity index (χ4v) is 4.51. The number of carbonyl (C=O) groups is 1. The maximum Gasteiger partial charge on any atom is 0.323 e. The van der Waals surface area contributed by atoms with Crippen LogP contribution in [0.15, 0.2) is 69.8 Å². The first-order valence-corrected chi connectivity index (χ1v) is 10.9. The van der Waals surface area contributed by atoms with Gasteiger partial charge in [-0.1, -0.05) is 42.1 Å². The molecule has 28 heavy (non-hydrogen) atoms. The second-order valence-corrected chi connectivity index (χ2v) is 8.70. The number of nitrogens with one attached hydrogen (secondary N) is 1. The van der Waals surface area contributed by atoms with Gasteiger partial charge in [0, 0.05) is 46.9 Å². The van der Waals surface area contributed by atoms with Crippen LogP contribution >= 0.6 is 23.1 Å². The van der Waals surface area contributed by atoms with Crippen molar-refractivity contribution in [3.05, 3.63) is 60.0 Å². The summed E-state index contributed by atoms with van der Waals surface area (Å²) in [6, 6.07) is 18.6. The van der Waals surface area contributed by atoms with Crippen molar-refractivity contribution in [2.24, 2.45) is 0 Å². The number of anilines is 1. The third-order valence-corrected chi connectivity index (χ3v) is 6.41. The second kappa shape index (κ2) is 8.77. The zero-order chi connectivity index (χ0) is 19.3. The monoisotopic (exact) mass is 410 g/mol. The van der Waals surface area contributed by atoms with E-state index in [0.717, 1.165) is 37.4 Å². The molecule has 4 rings (SSSR count). The van der Waals surface area contributed by atoms with Gasteiger partial charge in [-0.05, 0) is 31.3 Å². The van der Waals surface area contributed by atoms with Crippen LogP contribution in [0, 0.1) is 0 Å². The minimum Gasteiger partial charge on any atom is -0.322 e. The number of urea groups is 1. The van der Waals surface area contributed by atoms with E-state index in [4.69, 9.17) is 0 Å². The molecule has 0 atom stereocenters. The summed E-state index contributed by atoms with van der Waals surface area (Å²) >= 11 is 3.20. The lowest BCUT2D eigenvalue weighted by Crippen LogP contribution is -2.48. The van der Waals surface area contributed by atoms with Crippen LogP contribution in [0.4, 0.5) is 9.93 Å². The van der Waals surface area contributed by atoms with Crippen LogP contribution in [0.3, 0.4) is 0 Å². The van der Waals surface area contributed by atoms with Gasteiger partial charge >= 0.3 is 6.03 Å². The zero-order valence-corrected chi connectivity index (χ0v) is 17.3. The summed E-state index contributed by atoms with van der Waals surface area (Å²) in [7, 11) is 2.08. The van der Waals surface area contributed by atoms with E-state index in [1.54, 1.807) is 11.8 Å². The molecule has 0 radical (unpaired) electrons.